The number of para-hydroxylation sites is 2. The molecule has 1 aromatic heterocycles. The second-order valence-corrected chi connectivity index (χ2v) is 9.04. The summed E-state index contributed by atoms with van der Waals surface area (Å²) >= 11 is 0. The molecule has 0 bridgehead atoms. The van der Waals surface area contributed by atoms with Crippen molar-refractivity contribution in [3.63, 3.8) is 0 Å². The van der Waals surface area contributed by atoms with E-state index in [4.69, 9.17) is 4.74 Å². The minimum absolute atomic E-state index is 0.0242. The van der Waals surface area contributed by atoms with Crippen molar-refractivity contribution in [1.29, 1.82) is 0 Å². The van der Waals surface area contributed by atoms with Gasteiger partial charge < -0.3 is 10.1 Å². The summed E-state index contributed by atoms with van der Waals surface area (Å²) in [4.78, 5) is 21.3. The standard InChI is InChI=1S/C25H22N4O4S/c1-17-26-15-14-22(27-17)19-6-5-7-20(16-19)28-25(30)18-10-12-21(13-11-18)34(31,32)29-23-8-3-4-9-24(23)33-2/h3-16,29H,1-2H3,(H,28,30). The van der Waals surface area contributed by atoms with E-state index in [0.717, 1.165) is 11.3 Å². The first-order valence-electron chi connectivity index (χ1n) is 10.3. The Balaban J connectivity index is 1.49. The largest absolute Gasteiger partial charge is 0.495 e. The highest BCUT2D eigenvalue weighted by molar-refractivity contribution is 7.92. The quantitative estimate of drug-likeness (QED) is 0.408. The van der Waals surface area contributed by atoms with Gasteiger partial charge in [0.2, 0.25) is 0 Å². The number of aromatic nitrogens is 2. The molecule has 0 atom stereocenters. The van der Waals surface area contributed by atoms with Crippen LogP contribution in [0.15, 0.2) is 90.0 Å². The van der Waals surface area contributed by atoms with E-state index in [1.807, 2.05) is 25.1 Å². The van der Waals surface area contributed by atoms with Gasteiger partial charge in [-0.3, -0.25) is 9.52 Å². The molecule has 0 radical (unpaired) electrons. The van der Waals surface area contributed by atoms with Gasteiger partial charge in [0.05, 0.1) is 23.4 Å². The number of rotatable bonds is 7. The molecule has 0 aliphatic carbocycles. The number of carbonyl (C=O) groups excluding carboxylic acids is 1. The van der Waals surface area contributed by atoms with Crippen molar-refractivity contribution in [2.45, 2.75) is 11.8 Å². The molecule has 0 saturated heterocycles. The molecule has 9 heteroatoms. The molecule has 34 heavy (non-hydrogen) atoms. The lowest BCUT2D eigenvalue weighted by molar-refractivity contribution is 0.102. The minimum Gasteiger partial charge on any atom is -0.495 e. The number of amides is 1. The van der Waals surface area contributed by atoms with E-state index < -0.39 is 10.0 Å². The Morgan fingerprint density at radius 1 is 0.941 bits per heavy atom. The Bertz CT molecular complexity index is 1440. The summed E-state index contributed by atoms with van der Waals surface area (Å²) < 4.78 is 33.2. The lowest BCUT2D eigenvalue weighted by atomic mass is 10.1. The van der Waals surface area contributed by atoms with Crippen LogP contribution in [0.25, 0.3) is 11.3 Å². The Kier molecular flexibility index (Phi) is 6.55. The van der Waals surface area contributed by atoms with E-state index in [2.05, 4.69) is 20.0 Å². The van der Waals surface area contributed by atoms with Gasteiger partial charge in [0, 0.05) is 23.0 Å². The maximum Gasteiger partial charge on any atom is 0.262 e. The van der Waals surface area contributed by atoms with Crippen LogP contribution < -0.4 is 14.8 Å². The van der Waals surface area contributed by atoms with Crippen LogP contribution in [0.1, 0.15) is 16.2 Å². The third kappa shape index (κ3) is 5.21. The van der Waals surface area contributed by atoms with Gasteiger partial charge in [-0.25, -0.2) is 18.4 Å². The van der Waals surface area contributed by atoms with Crippen molar-refractivity contribution >= 4 is 27.3 Å². The molecule has 0 aliphatic rings. The molecular weight excluding hydrogens is 452 g/mol. The third-order valence-electron chi connectivity index (χ3n) is 4.97. The van der Waals surface area contributed by atoms with Crippen LogP contribution in [0.4, 0.5) is 11.4 Å². The van der Waals surface area contributed by atoms with Crippen LogP contribution in [-0.4, -0.2) is 31.4 Å². The van der Waals surface area contributed by atoms with Crippen molar-refractivity contribution < 1.29 is 17.9 Å². The van der Waals surface area contributed by atoms with Crippen molar-refractivity contribution in [2.75, 3.05) is 17.1 Å². The number of nitrogens with zero attached hydrogens (tertiary/aromatic N) is 2. The van der Waals surface area contributed by atoms with E-state index in [-0.39, 0.29) is 10.8 Å². The number of nitrogens with one attached hydrogen (secondary N) is 2. The van der Waals surface area contributed by atoms with Crippen LogP contribution in [-0.2, 0) is 10.0 Å². The van der Waals surface area contributed by atoms with E-state index in [9.17, 15) is 13.2 Å². The lowest BCUT2D eigenvalue weighted by Crippen LogP contribution is -2.15. The van der Waals surface area contributed by atoms with Crippen LogP contribution >= 0.6 is 0 Å². The van der Waals surface area contributed by atoms with E-state index in [1.54, 1.807) is 42.6 Å². The predicted octanol–water partition coefficient (Wildman–Crippen LogP) is 4.51. The van der Waals surface area contributed by atoms with Crippen molar-refractivity contribution in [1.82, 2.24) is 9.97 Å². The summed E-state index contributed by atoms with van der Waals surface area (Å²) in [5.41, 5.74) is 2.83. The van der Waals surface area contributed by atoms with Crippen molar-refractivity contribution in [3.05, 3.63) is 96.4 Å². The SMILES string of the molecule is COc1ccccc1NS(=O)(=O)c1ccc(C(=O)Nc2cccc(-c3ccnc(C)n3)c2)cc1. The van der Waals surface area contributed by atoms with Gasteiger partial charge in [-0.1, -0.05) is 24.3 Å². The molecule has 172 valence electrons. The van der Waals surface area contributed by atoms with Crippen molar-refractivity contribution in [3.8, 4) is 17.0 Å². The molecule has 8 nitrogen and oxygen atoms in total. The molecule has 0 unspecified atom stereocenters. The summed E-state index contributed by atoms with van der Waals surface area (Å²) in [6.07, 6.45) is 1.68. The zero-order chi connectivity index (χ0) is 24.1. The van der Waals surface area contributed by atoms with Gasteiger partial charge in [-0.15, -0.1) is 0 Å². The number of hydrogen-bond acceptors (Lipinski definition) is 6. The first-order chi connectivity index (χ1) is 16.4. The van der Waals surface area contributed by atoms with Gasteiger partial charge in [-0.05, 0) is 61.5 Å². The van der Waals surface area contributed by atoms with Crippen molar-refractivity contribution in [2.24, 2.45) is 0 Å². The van der Waals surface area contributed by atoms with Gasteiger partial charge in [0.15, 0.2) is 0 Å². The van der Waals surface area contributed by atoms with Crippen LogP contribution in [0.5, 0.6) is 5.75 Å². The van der Waals surface area contributed by atoms with Crippen LogP contribution in [0.2, 0.25) is 0 Å². The average molecular weight is 475 g/mol. The molecule has 4 rings (SSSR count). The highest BCUT2D eigenvalue weighted by atomic mass is 32.2. The zero-order valence-electron chi connectivity index (χ0n) is 18.5. The minimum atomic E-state index is -3.86. The number of sulfonamides is 1. The maximum absolute atomic E-state index is 12.8. The molecule has 1 heterocycles. The number of carbonyl (C=O) groups is 1. The maximum atomic E-state index is 12.8. The fourth-order valence-electron chi connectivity index (χ4n) is 3.29. The smallest absolute Gasteiger partial charge is 0.262 e. The van der Waals surface area contributed by atoms with Crippen LogP contribution in [0, 0.1) is 6.92 Å². The Morgan fingerprint density at radius 2 is 1.71 bits per heavy atom. The Labute approximate surface area is 197 Å². The predicted molar refractivity (Wildman–Crippen MR) is 130 cm³/mol. The summed E-state index contributed by atoms with van der Waals surface area (Å²) in [6.45, 7) is 1.81. The fraction of sp³-hybridized carbons (Fsp3) is 0.0800. The van der Waals surface area contributed by atoms with Gasteiger partial charge in [0.1, 0.15) is 11.6 Å². The number of anilines is 2. The van der Waals surface area contributed by atoms with Gasteiger partial charge >= 0.3 is 0 Å². The second-order valence-electron chi connectivity index (χ2n) is 7.35. The summed E-state index contributed by atoms with van der Waals surface area (Å²) in [5, 5.41) is 2.83. The zero-order valence-corrected chi connectivity index (χ0v) is 19.3. The van der Waals surface area contributed by atoms with E-state index in [1.165, 1.54) is 31.4 Å². The Morgan fingerprint density at radius 3 is 2.44 bits per heavy atom. The molecule has 4 aromatic rings. The number of aryl methyl sites for hydroxylation is 1. The normalized spacial score (nSPS) is 11.0. The van der Waals surface area contributed by atoms with E-state index >= 15 is 0 Å². The summed E-state index contributed by atoms with van der Waals surface area (Å²) in [5.74, 6) is 0.696. The molecule has 3 aromatic carbocycles. The first-order valence-corrected chi connectivity index (χ1v) is 11.8. The van der Waals surface area contributed by atoms with Crippen LogP contribution in [0.3, 0.4) is 0 Å². The molecular formula is C25H22N4O4S. The number of hydrogen-bond donors (Lipinski definition) is 2. The fourth-order valence-corrected chi connectivity index (χ4v) is 4.37. The van der Waals surface area contributed by atoms with Gasteiger partial charge in [-0.2, -0.15) is 0 Å². The number of methoxy groups -OCH3 is 1. The highest BCUT2D eigenvalue weighted by Gasteiger charge is 2.17. The molecule has 0 fully saturated rings. The third-order valence-corrected chi connectivity index (χ3v) is 6.35. The molecule has 0 aliphatic heterocycles. The number of ether oxygens (including phenoxy) is 1. The monoisotopic (exact) mass is 474 g/mol. The number of benzene rings is 3. The highest BCUT2D eigenvalue weighted by Crippen LogP contribution is 2.26. The summed E-state index contributed by atoms with van der Waals surface area (Å²) in [6, 6.07) is 21.5. The van der Waals surface area contributed by atoms with Gasteiger partial charge in [0.25, 0.3) is 15.9 Å². The average Bonchev–Trinajstić information content (AvgIpc) is 2.84. The topological polar surface area (TPSA) is 110 Å². The Hall–Kier alpha value is -4.24. The molecule has 1 amide bonds. The lowest BCUT2D eigenvalue weighted by Gasteiger charge is -2.12. The second kappa shape index (κ2) is 9.72. The molecule has 2 N–H and O–H groups in total. The molecule has 0 spiro atoms. The first kappa shape index (κ1) is 22.9. The summed E-state index contributed by atoms with van der Waals surface area (Å²) in [7, 11) is -2.40. The molecule has 0 saturated carbocycles. The van der Waals surface area contributed by atoms with E-state index in [0.29, 0.717) is 28.5 Å².